The van der Waals surface area contributed by atoms with Gasteiger partial charge in [0.15, 0.2) is 11.5 Å². The molecule has 0 aliphatic carbocycles. The van der Waals surface area contributed by atoms with E-state index in [0.29, 0.717) is 31.1 Å². The Labute approximate surface area is 178 Å². The van der Waals surface area contributed by atoms with Gasteiger partial charge in [0, 0.05) is 36.8 Å². The molecule has 1 fully saturated rings. The maximum absolute atomic E-state index is 12.9. The van der Waals surface area contributed by atoms with E-state index in [-0.39, 0.29) is 35.1 Å². The van der Waals surface area contributed by atoms with Gasteiger partial charge < -0.3 is 14.6 Å². The van der Waals surface area contributed by atoms with E-state index in [1.807, 2.05) is 30.7 Å². The van der Waals surface area contributed by atoms with Crippen LogP contribution in [0.4, 0.5) is 0 Å². The van der Waals surface area contributed by atoms with Gasteiger partial charge in [0.2, 0.25) is 0 Å². The van der Waals surface area contributed by atoms with Crippen molar-refractivity contribution in [2.45, 2.75) is 65.8 Å². The van der Waals surface area contributed by atoms with Crippen molar-refractivity contribution < 1.29 is 14.0 Å². The summed E-state index contributed by atoms with van der Waals surface area (Å²) in [6.45, 7) is 16.3. The van der Waals surface area contributed by atoms with Crippen LogP contribution in [0.1, 0.15) is 92.6 Å². The van der Waals surface area contributed by atoms with E-state index >= 15 is 0 Å². The Bertz CT molecular complexity index is 911. The SMILES string of the molecule is CC(C)c1ccoc1C(=O)NCC1CN(C(=O)c2cc(C(C)C)n(C(C)(C)C)n2)C1. The molecule has 0 spiro atoms. The molecule has 2 aromatic rings. The van der Waals surface area contributed by atoms with Gasteiger partial charge in [0.25, 0.3) is 11.8 Å². The predicted molar refractivity (Wildman–Crippen MR) is 116 cm³/mol. The molecule has 0 atom stereocenters. The molecule has 1 saturated heterocycles. The molecule has 2 amide bonds. The van der Waals surface area contributed by atoms with Gasteiger partial charge in [-0.1, -0.05) is 27.7 Å². The largest absolute Gasteiger partial charge is 0.459 e. The molecule has 0 radical (unpaired) electrons. The normalized spacial score (nSPS) is 15.0. The van der Waals surface area contributed by atoms with Crippen molar-refractivity contribution in [3.05, 3.63) is 41.1 Å². The number of likely N-dealkylation sites (tertiary alicyclic amines) is 1. The number of aromatic nitrogens is 2. The lowest BCUT2D eigenvalue weighted by atomic mass is 9.99. The van der Waals surface area contributed by atoms with Gasteiger partial charge in [0.05, 0.1) is 11.8 Å². The summed E-state index contributed by atoms with van der Waals surface area (Å²) >= 11 is 0. The van der Waals surface area contributed by atoms with Crippen molar-refractivity contribution >= 4 is 11.8 Å². The number of nitrogens with one attached hydrogen (secondary N) is 1. The molecule has 164 valence electrons. The van der Waals surface area contributed by atoms with Crippen LogP contribution >= 0.6 is 0 Å². The zero-order valence-corrected chi connectivity index (χ0v) is 19.2. The molecule has 2 aromatic heterocycles. The summed E-state index contributed by atoms with van der Waals surface area (Å²) in [5, 5.41) is 7.55. The fourth-order valence-corrected chi connectivity index (χ4v) is 3.75. The van der Waals surface area contributed by atoms with Gasteiger partial charge in [-0.2, -0.15) is 5.10 Å². The summed E-state index contributed by atoms with van der Waals surface area (Å²) in [6, 6.07) is 3.75. The third-order valence-corrected chi connectivity index (χ3v) is 5.50. The molecular weight excluding hydrogens is 380 g/mol. The molecule has 30 heavy (non-hydrogen) atoms. The first kappa shape index (κ1) is 22.1. The fourth-order valence-electron chi connectivity index (χ4n) is 3.75. The number of amides is 2. The average molecular weight is 415 g/mol. The molecule has 0 bridgehead atoms. The Morgan fingerprint density at radius 2 is 1.87 bits per heavy atom. The molecule has 7 nitrogen and oxygen atoms in total. The number of nitrogens with zero attached hydrogens (tertiary/aromatic N) is 3. The molecule has 0 saturated carbocycles. The molecule has 0 unspecified atom stereocenters. The van der Waals surface area contributed by atoms with E-state index in [1.165, 1.54) is 0 Å². The average Bonchev–Trinajstić information content (AvgIpc) is 3.26. The number of carbonyl (C=O) groups excluding carboxylic acids is 2. The van der Waals surface area contributed by atoms with Crippen LogP contribution in [0.25, 0.3) is 0 Å². The second kappa shape index (κ2) is 8.28. The molecule has 0 aromatic carbocycles. The standard InChI is InChI=1S/C23H34N4O3/c1-14(2)17-8-9-30-20(17)21(28)24-11-16-12-26(13-16)22(29)18-10-19(15(3)4)27(25-18)23(5,6)7/h8-10,14-16H,11-13H2,1-7H3,(H,24,28). The number of hydrogen-bond donors (Lipinski definition) is 1. The first-order valence-electron chi connectivity index (χ1n) is 10.7. The van der Waals surface area contributed by atoms with Gasteiger partial charge >= 0.3 is 0 Å². The van der Waals surface area contributed by atoms with E-state index < -0.39 is 0 Å². The Balaban J connectivity index is 1.56. The second-order valence-corrected chi connectivity index (χ2v) is 9.84. The van der Waals surface area contributed by atoms with Crippen molar-refractivity contribution in [2.75, 3.05) is 19.6 Å². The lowest BCUT2D eigenvalue weighted by Gasteiger charge is -2.38. The summed E-state index contributed by atoms with van der Waals surface area (Å²) in [6.07, 6.45) is 1.55. The highest BCUT2D eigenvalue weighted by atomic mass is 16.3. The molecule has 1 N–H and O–H groups in total. The summed E-state index contributed by atoms with van der Waals surface area (Å²) in [4.78, 5) is 27.1. The molecule has 3 heterocycles. The van der Waals surface area contributed by atoms with Crippen LogP contribution in [0.15, 0.2) is 22.8 Å². The van der Waals surface area contributed by atoms with Crippen molar-refractivity contribution in [3.8, 4) is 0 Å². The number of hydrogen-bond acceptors (Lipinski definition) is 4. The van der Waals surface area contributed by atoms with E-state index in [2.05, 4.69) is 45.0 Å². The molecule has 3 rings (SSSR count). The highest BCUT2D eigenvalue weighted by Gasteiger charge is 2.34. The predicted octanol–water partition coefficient (Wildman–Crippen LogP) is 3.98. The van der Waals surface area contributed by atoms with Crippen molar-refractivity contribution in [1.82, 2.24) is 20.0 Å². The highest BCUT2D eigenvalue weighted by molar-refractivity contribution is 5.94. The summed E-state index contributed by atoms with van der Waals surface area (Å²) in [5.41, 5.74) is 2.29. The molecular formula is C23H34N4O3. The first-order chi connectivity index (χ1) is 14.0. The van der Waals surface area contributed by atoms with Crippen molar-refractivity contribution in [2.24, 2.45) is 5.92 Å². The molecule has 1 aliphatic rings. The van der Waals surface area contributed by atoms with Crippen LogP contribution in [-0.2, 0) is 5.54 Å². The second-order valence-electron chi connectivity index (χ2n) is 9.84. The maximum Gasteiger partial charge on any atom is 0.287 e. The Kier molecular flexibility index (Phi) is 6.11. The van der Waals surface area contributed by atoms with Gasteiger partial charge in [-0.25, -0.2) is 0 Å². The minimum absolute atomic E-state index is 0.0457. The van der Waals surface area contributed by atoms with Crippen LogP contribution in [0.5, 0.6) is 0 Å². The zero-order valence-electron chi connectivity index (χ0n) is 19.2. The van der Waals surface area contributed by atoms with Crippen LogP contribution in [0.3, 0.4) is 0 Å². The smallest absolute Gasteiger partial charge is 0.287 e. The van der Waals surface area contributed by atoms with Gasteiger partial charge in [-0.05, 0) is 44.7 Å². The number of furan rings is 1. The number of rotatable bonds is 6. The number of carbonyl (C=O) groups is 2. The summed E-state index contributed by atoms with van der Waals surface area (Å²) in [7, 11) is 0. The van der Waals surface area contributed by atoms with Crippen LogP contribution < -0.4 is 5.32 Å². The van der Waals surface area contributed by atoms with E-state index in [1.54, 1.807) is 11.2 Å². The van der Waals surface area contributed by atoms with E-state index in [4.69, 9.17) is 4.42 Å². The molecule has 7 heteroatoms. The zero-order chi connectivity index (χ0) is 22.2. The summed E-state index contributed by atoms with van der Waals surface area (Å²) < 4.78 is 7.32. The van der Waals surface area contributed by atoms with Crippen LogP contribution in [0, 0.1) is 5.92 Å². The molecule has 1 aliphatic heterocycles. The topological polar surface area (TPSA) is 80.4 Å². The van der Waals surface area contributed by atoms with Gasteiger partial charge in [-0.3, -0.25) is 14.3 Å². The monoisotopic (exact) mass is 414 g/mol. The lowest BCUT2D eigenvalue weighted by molar-refractivity contribution is 0.0489. The van der Waals surface area contributed by atoms with Crippen LogP contribution in [-0.4, -0.2) is 46.1 Å². The van der Waals surface area contributed by atoms with Crippen molar-refractivity contribution in [1.29, 1.82) is 0 Å². The van der Waals surface area contributed by atoms with Crippen LogP contribution in [0.2, 0.25) is 0 Å². The van der Waals surface area contributed by atoms with Gasteiger partial charge in [-0.15, -0.1) is 0 Å². The minimum Gasteiger partial charge on any atom is -0.459 e. The highest BCUT2D eigenvalue weighted by Crippen LogP contribution is 2.26. The first-order valence-corrected chi connectivity index (χ1v) is 10.7. The minimum atomic E-state index is -0.195. The third kappa shape index (κ3) is 4.45. The van der Waals surface area contributed by atoms with Crippen molar-refractivity contribution in [3.63, 3.8) is 0 Å². The Morgan fingerprint density at radius 3 is 2.40 bits per heavy atom. The lowest BCUT2D eigenvalue weighted by Crippen LogP contribution is -2.53. The Morgan fingerprint density at radius 1 is 1.20 bits per heavy atom. The maximum atomic E-state index is 12.9. The quantitative estimate of drug-likeness (QED) is 0.775. The Hall–Kier alpha value is -2.57. The fraction of sp³-hybridized carbons (Fsp3) is 0.609. The van der Waals surface area contributed by atoms with E-state index in [9.17, 15) is 9.59 Å². The third-order valence-electron chi connectivity index (χ3n) is 5.50. The van der Waals surface area contributed by atoms with Gasteiger partial charge in [0.1, 0.15) is 0 Å². The van der Waals surface area contributed by atoms with E-state index in [0.717, 1.165) is 11.3 Å². The summed E-state index contributed by atoms with van der Waals surface area (Å²) in [5.74, 6) is 0.894.